The fourth-order valence-corrected chi connectivity index (χ4v) is 2.01. The molecule has 2 aromatic rings. The highest BCUT2D eigenvalue weighted by Gasteiger charge is 2.11. The lowest BCUT2D eigenvalue weighted by atomic mass is 10.2. The molecule has 0 bridgehead atoms. The van der Waals surface area contributed by atoms with Gasteiger partial charge in [-0.2, -0.15) is 5.26 Å². The smallest absolute Gasteiger partial charge is 0.162 e. The molecule has 0 spiro atoms. The molecule has 2 nitrogen and oxygen atoms in total. The predicted molar refractivity (Wildman–Crippen MR) is 76.5 cm³/mol. The zero-order valence-electron chi connectivity index (χ0n) is 9.74. The van der Waals surface area contributed by atoms with Crippen LogP contribution in [0.15, 0.2) is 40.9 Å². The highest BCUT2D eigenvalue weighted by atomic mass is 79.9. The third-order valence-corrected chi connectivity index (χ3v) is 3.29. The molecule has 0 atom stereocenters. The van der Waals surface area contributed by atoms with E-state index in [4.69, 9.17) is 11.7 Å². The molecular weight excluding hydrogens is 307 g/mol. The van der Waals surface area contributed by atoms with Gasteiger partial charge in [-0.3, -0.25) is 0 Å². The van der Waals surface area contributed by atoms with Gasteiger partial charge < -0.3 is 5.32 Å². The Morgan fingerprint density at radius 3 is 2.74 bits per heavy atom. The second-order valence-electron chi connectivity index (χ2n) is 3.75. The molecule has 0 radical (unpaired) electrons. The Morgan fingerprint density at radius 2 is 2.05 bits per heavy atom. The van der Waals surface area contributed by atoms with E-state index in [0.717, 1.165) is 0 Å². The van der Waals surface area contributed by atoms with E-state index in [0.29, 0.717) is 11.3 Å². The number of terminal acetylenes is 1. The summed E-state index contributed by atoms with van der Waals surface area (Å²) in [6, 6.07) is 12.1. The summed E-state index contributed by atoms with van der Waals surface area (Å²) < 4.78 is 14.2. The van der Waals surface area contributed by atoms with Gasteiger partial charge >= 0.3 is 0 Å². The van der Waals surface area contributed by atoms with Crippen molar-refractivity contribution in [2.45, 2.75) is 0 Å². The SMILES string of the molecule is C#Cc1cccc(Nc2ccc(C#N)c(Br)c2F)c1. The number of nitriles is 1. The van der Waals surface area contributed by atoms with Crippen molar-refractivity contribution in [3.63, 3.8) is 0 Å². The number of hydrogen-bond acceptors (Lipinski definition) is 2. The average Bonchev–Trinajstić information content (AvgIpc) is 2.44. The Balaban J connectivity index is 2.37. The first-order chi connectivity index (χ1) is 9.15. The maximum Gasteiger partial charge on any atom is 0.162 e. The molecule has 0 aliphatic heterocycles. The van der Waals surface area contributed by atoms with E-state index >= 15 is 0 Å². The summed E-state index contributed by atoms with van der Waals surface area (Å²) in [4.78, 5) is 0. The number of halogens is 2. The van der Waals surface area contributed by atoms with Gasteiger partial charge in [-0.25, -0.2) is 4.39 Å². The summed E-state index contributed by atoms with van der Waals surface area (Å²) in [5, 5.41) is 11.7. The van der Waals surface area contributed by atoms with Crippen LogP contribution in [0, 0.1) is 29.5 Å². The van der Waals surface area contributed by atoms with Crippen molar-refractivity contribution in [1.82, 2.24) is 0 Å². The second kappa shape index (κ2) is 5.56. The monoisotopic (exact) mass is 314 g/mol. The van der Waals surface area contributed by atoms with Crippen molar-refractivity contribution in [3.05, 3.63) is 57.8 Å². The Bertz CT molecular complexity index is 711. The standard InChI is InChI=1S/C15H8BrFN2/c1-2-10-4-3-5-12(8-10)19-13-7-6-11(9-18)14(16)15(13)17/h1,3-8,19H. The molecule has 0 saturated heterocycles. The number of benzene rings is 2. The van der Waals surface area contributed by atoms with Crippen molar-refractivity contribution in [1.29, 1.82) is 5.26 Å². The van der Waals surface area contributed by atoms with Gasteiger partial charge in [-0.05, 0) is 46.3 Å². The molecule has 19 heavy (non-hydrogen) atoms. The third kappa shape index (κ3) is 2.76. The molecule has 1 N–H and O–H groups in total. The minimum absolute atomic E-state index is 0.146. The maximum absolute atomic E-state index is 14.0. The van der Waals surface area contributed by atoms with Crippen LogP contribution in [0.1, 0.15) is 11.1 Å². The first-order valence-corrected chi connectivity index (χ1v) is 6.17. The zero-order valence-corrected chi connectivity index (χ0v) is 11.3. The van der Waals surface area contributed by atoms with Crippen LogP contribution in [0.2, 0.25) is 0 Å². The van der Waals surface area contributed by atoms with E-state index in [-0.39, 0.29) is 15.7 Å². The lowest BCUT2D eigenvalue weighted by Crippen LogP contribution is -1.96. The van der Waals surface area contributed by atoms with E-state index < -0.39 is 5.82 Å². The number of anilines is 2. The molecule has 2 rings (SSSR count). The van der Waals surface area contributed by atoms with E-state index in [1.54, 1.807) is 30.3 Å². The molecule has 4 heteroatoms. The Labute approximate surface area is 119 Å². The second-order valence-corrected chi connectivity index (χ2v) is 4.54. The van der Waals surface area contributed by atoms with Crippen LogP contribution in [0.3, 0.4) is 0 Å². The molecule has 0 heterocycles. The van der Waals surface area contributed by atoms with Gasteiger partial charge in [-0.15, -0.1) is 6.42 Å². The van der Waals surface area contributed by atoms with Crippen molar-refractivity contribution < 1.29 is 4.39 Å². The predicted octanol–water partition coefficient (Wildman–Crippen LogP) is 4.18. The highest BCUT2D eigenvalue weighted by molar-refractivity contribution is 9.10. The Morgan fingerprint density at radius 1 is 1.26 bits per heavy atom. The van der Waals surface area contributed by atoms with E-state index in [1.165, 1.54) is 6.07 Å². The molecule has 0 saturated carbocycles. The maximum atomic E-state index is 14.0. The highest BCUT2D eigenvalue weighted by Crippen LogP contribution is 2.28. The van der Waals surface area contributed by atoms with Gasteiger partial charge in [0.2, 0.25) is 0 Å². The molecule has 0 aliphatic rings. The topological polar surface area (TPSA) is 35.8 Å². The lowest BCUT2D eigenvalue weighted by molar-refractivity contribution is 0.624. The van der Waals surface area contributed by atoms with Crippen LogP contribution in [0.4, 0.5) is 15.8 Å². The van der Waals surface area contributed by atoms with Crippen LogP contribution in [-0.4, -0.2) is 0 Å². The molecule has 0 aromatic heterocycles. The van der Waals surface area contributed by atoms with Crippen LogP contribution in [0.5, 0.6) is 0 Å². The van der Waals surface area contributed by atoms with Crippen molar-refractivity contribution in [3.8, 4) is 18.4 Å². The Hall–Kier alpha value is -2.30. The van der Waals surface area contributed by atoms with Gasteiger partial charge in [0.25, 0.3) is 0 Å². The van der Waals surface area contributed by atoms with Gasteiger partial charge in [0.1, 0.15) is 6.07 Å². The quantitative estimate of drug-likeness (QED) is 0.844. The van der Waals surface area contributed by atoms with Gasteiger partial charge in [0, 0.05) is 11.3 Å². The fraction of sp³-hybridized carbons (Fsp3) is 0. The van der Waals surface area contributed by atoms with Crippen molar-refractivity contribution in [2.24, 2.45) is 0 Å². The molecule has 0 aliphatic carbocycles. The molecular formula is C15H8BrFN2. The number of nitrogens with one attached hydrogen (secondary N) is 1. The molecule has 0 amide bonds. The molecule has 2 aromatic carbocycles. The largest absolute Gasteiger partial charge is 0.353 e. The van der Waals surface area contributed by atoms with Gasteiger partial charge in [0.05, 0.1) is 15.7 Å². The first kappa shape index (κ1) is 13.1. The third-order valence-electron chi connectivity index (χ3n) is 2.51. The lowest BCUT2D eigenvalue weighted by Gasteiger charge is -2.09. The van der Waals surface area contributed by atoms with Crippen LogP contribution < -0.4 is 5.32 Å². The van der Waals surface area contributed by atoms with E-state index in [1.807, 2.05) is 6.07 Å². The van der Waals surface area contributed by atoms with Crippen LogP contribution >= 0.6 is 15.9 Å². The minimum atomic E-state index is -0.509. The summed E-state index contributed by atoms with van der Waals surface area (Å²) in [6.45, 7) is 0. The Kier molecular flexibility index (Phi) is 3.85. The number of hydrogen-bond donors (Lipinski definition) is 1. The van der Waals surface area contributed by atoms with Gasteiger partial charge in [0.15, 0.2) is 5.82 Å². The number of rotatable bonds is 2. The van der Waals surface area contributed by atoms with Crippen LogP contribution in [-0.2, 0) is 0 Å². The zero-order chi connectivity index (χ0) is 13.8. The minimum Gasteiger partial charge on any atom is -0.353 e. The summed E-state index contributed by atoms with van der Waals surface area (Å²) in [6.07, 6.45) is 5.31. The summed E-state index contributed by atoms with van der Waals surface area (Å²) in [5.74, 6) is 2.00. The normalized spacial score (nSPS) is 9.47. The summed E-state index contributed by atoms with van der Waals surface area (Å²) in [7, 11) is 0. The summed E-state index contributed by atoms with van der Waals surface area (Å²) >= 11 is 3.06. The molecule has 92 valence electrons. The molecule has 0 fully saturated rings. The van der Waals surface area contributed by atoms with Crippen molar-refractivity contribution >= 4 is 27.3 Å². The molecule has 0 unspecified atom stereocenters. The fourth-order valence-electron chi connectivity index (χ4n) is 1.57. The van der Waals surface area contributed by atoms with Crippen molar-refractivity contribution in [2.75, 3.05) is 5.32 Å². The number of nitrogens with zero attached hydrogens (tertiary/aromatic N) is 1. The van der Waals surface area contributed by atoms with Gasteiger partial charge in [-0.1, -0.05) is 12.0 Å². The van der Waals surface area contributed by atoms with E-state index in [2.05, 4.69) is 27.2 Å². The van der Waals surface area contributed by atoms with E-state index in [9.17, 15) is 4.39 Å². The van der Waals surface area contributed by atoms with Crippen LogP contribution in [0.25, 0.3) is 0 Å². The summed E-state index contributed by atoms with van der Waals surface area (Å²) in [5.41, 5.74) is 1.92. The first-order valence-electron chi connectivity index (χ1n) is 5.37. The average molecular weight is 315 g/mol.